The number of carboxylic acids is 1. The lowest BCUT2D eigenvalue weighted by Gasteiger charge is -2.18. The van der Waals surface area contributed by atoms with Gasteiger partial charge in [0.2, 0.25) is 0 Å². The Bertz CT molecular complexity index is 1180. The van der Waals surface area contributed by atoms with E-state index >= 15 is 0 Å². The number of aromatic carboxylic acids is 1. The van der Waals surface area contributed by atoms with Gasteiger partial charge in [0.25, 0.3) is 0 Å². The third kappa shape index (κ3) is 4.89. The molecule has 0 aliphatic rings. The Hall–Kier alpha value is -3.73. The molecule has 0 saturated heterocycles. The summed E-state index contributed by atoms with van der Waals surface area (Å²) in [5, 5.41) is 9.65. The molecule has 0 aliphatic carbocycles. The molecule has 0 saturated carbocycles. The standard InChI is InChI=1S/C26H23FN2O2/c1-17-16-28-25(29-17)15-21(19-8-10-22(27)11-9-19)13-18-7-12-23(26(30)31)24(14-18)20-5-3-2-4-6-20/h2-12,14,16,21H,13,15H2,1H3,(H,28,29)(H,30,31). The lowest BCUT2D eigenvalue weighted by molar-refractivity contribution is 0.0697. The number of nitrogens with zero attached hydrogens (tertiary/aromatic N) is 1. The molecule has 1 atom stereocenters. The number of aryl methyl sites for hydroxylation is 1. The van der Waals surface area contributed by atoms with E-state index < -0.39 is 5.97 Å². The normalized spacial score (nSPS) is 11.9. The highest BCUT2D eigenvalue weighted by molar-refractivity contribution is 5.96. The third-order valence-corrected chi connectivity index (χ3v) is 5.42. The fourth-order valence-corrected chi connectivity index (χ4v) is 3.89. The highest BCUT2D eigenvalue weighted by atomic mass is 19.1. The van der Waals surface area contributed by atoms with Crippen molar-refractivity contribution in [2.75, 3.05) is 0 Å². The lowest BCUT2D eigenvalue weighted by atomic mass is 9.87. The Labute approximate surface area is 180 Å². The van der Waals surface area contributed by atoms with Crippen LogP contribution in [-0.4, -0.2) is 21.0 Å². The highest BCUT2D eigenvalue weighted by Crippen LogP contribution is 2.29. The smallest absolute Gasteiger partial charge is 0.336 e. The Kier molecular flexibility index (Phi) is 5.94. The van der Waals surface area contributed by atoms with Crippen LogP contribution in [0, 0.1) is 12.7 Å². The van der Waals surface area contributed by atoms with Crippen molar-refractivity contribution in [3.05, 3.63) is 113 Å². The molecule has 1 aromatic heterocycles. The van der Waals surface area contributed by atoms with Crippen molar-refractivity contribution in [3.8, 4) is 11.1 Å². The van der Waals surface area contributed by atoms with Gasteiger partial charge in [-0.1, -0.05) is 54.6 Å². The summed E-state index contributed by atoms with van der Waals surface area (Å²) in [5.74, 6) is -0.289. The van der Waals surface area contributed by atoms with Crippen molar-refractivity contribution in [1.82, 2.24) is 9.97 Å². The van der Waals surface area contributed by atoms with E-state index in [1.807, 2.05) is 49.4 Å². The Balaban J connectivity index is 1.70. The third-order valence-electron chi connectivity index (χ3n) is 5.42. The minimum absolute atomic E-state index is 0.0606. The molecule has 31 heavy (non-hydrogen) atoms. The van der Waals surface area contributed by atoms with Gasteiger partial charge in [-0.25, -0.2) is 14.2 Å². The molecule has 5 heteroatoms. The number of imidazole rings is 1. The molecule has 4 rings (SSSR count). The minimum Gasteiger partial charge on any atom is -0.478 e. The Morgan fingerprint density at radius 3 is 2.42 bits per heavy atom. The number of carboxylic acid groups (broad SMARTS) is 1. The summed E-state index contributed by atoms with van der Waals surface area (Å²) in [7, 11) is 0. The molecule has 1 heterocycles. The zero-order valence-electron chi connectivity index (χ0n) is 17.2. The topological polar surface area (TPSA) is 66.0 Å². The summed E-state index contributed by atoms with van der Waals surface area (Å²) in [6.07, 6.45) is 3.14. The van der Waals surface area contributed by atoms with Gasteiger partial charge in [0.1, 0.15) is 11.6 Å². The SMILES string of the molecule is Cc1cnc(CC(Cc2ccc(C(=O)O)c(-c3ccccc3)c2)c2ccc(F)cc2)[nH]1. The molecular weight excluding hydrogens is 391 g/mol. The molecule has 0 bridgehead atoms. The summed E-state index contributed by atoms with van der Waals surface area (Å²) < 4.78 is 13.5. The van der Waals surface area contributed by atoms with E-state index in [4.69, 9.17) is 0 Å². The molecule has 0 aliphatic heterocycles. The predicted molar refractivity (Wildman–Crippen MR) is 119 cm³/mol. The van der Waals surface area contributed by atoms with Crippen molar-refractivity contribution in [3.63, 3.8) is 0 Å². The van der Waals surface area contributed by atoms with Crippen molar-refractivity contribution in [2.45, 2.75) is 25.7 Å². The maximum Gasteiger partial charge on any atom is 0.336 e. The minimum atomic E-state index is -0.952. The van der Waals surface area contributed by atoms with E-state index in [0.29, 0.717) is 18.4 Å². The van der Waals surface area contributed by atoms with Gasteiger partial charge >= 0.3 is 5.97 Å². The Morgan fingerprint density at radius 2 is 1.77 bits per heavy atom. The predicted octanol–water partition coefficient (Wildman–Crippen LogP) is 5.79. The molecule has 1 unspecified atom stereocenters. The number of benzene rings is 3. The molecule has 0 fully saturated rings. The van der Waals surface area contributed by atoms with Crippen molar-refractivity contribution >= 4 is 5.97 Å². The number of nitrogens with one attached hydrogen (secondary N) is 1. The van der Waals surface area contributed by atoms with E-state index in [9.17, 15) is 14.3 Å². The molecule has 4 nitrogen and oxygen atoms in total. The Morgan fingerprint density at radius 1 is 1.03 bits per heavy atom. The second-order valence-electron chi connectivity index (χ2n) is 7.72. The zero-order chi connectivity index (χ0) is 21.8. The van der Waals surface area contributed by atoms with Gasteiger partial charge in [0.15, 0.2) is 0 Å². The van der Waals surface area contributed by atoms with E-state index in [2.05, 4.69) is 9.97 Å². The van der Waals surface area contributed by atoms with Crippen molar-refractivity contribution in [2.24, 2.45) is 0 Å². The second kappa shape index (κ2) is 8.96. The van der Waals surface area contributed by atoms with E-state index in [-0.39, 0.29) is 17.3 Å². The monoisotopic (exact) mass is 414 g/mol. The summed E-state index contributed by atoms with van der Waals surface area (Å²) in [5.41, 5.74) is 4.85. The number of rotatable bonds is 7. The molecular formula is C26H23FN2O2. The first-order valence-electron chi connectivity index (χ1n) is 10.2. The molecule has 2 N–H and O–H groups in total. The summed E-state index contributed by atoms with van der Waals surface area (Å²) >= 11 is 0. The number of aromatic amines is 1. The van der Waals surface area contributed by atoms with Crippen LogP contribution < -0.4 is 0 Å². The average Bonchev–Trinajstić information content (AvgIpc) is 3.19. The summed E-state index contributed by atoms with van der Waals surface area (Å²) in [6, 6.07) is 21.5. The first-order chi connectivity index (χ1) is 15.0. The van der Waals surface area contributed by atoms with Gasteiger partial charge in [0, 0.05) is 18.3 Å². The van der Waals surface area contributed by atoms with Crippen LogP contribution in [-0.2, 0) is 12.8 Å². The van der Waals surface area contributed by atoms with E-state index in [1.54, 1.807) is 24.4 Å². The van der Waals surface area contributed by atoms with Crippen LogP contribution in [0.15, 0.2) is 79.0 Å². The van der Waals surface area contributed by atoms with E-state index in [1.165, 1.54) is 12.1 Å². The number of hydrogen-bond acceptors (Lipinski definition) is 2. The number of aromatic nitrogens is 2. The van der Waals surface area contributed by atoms with Gasteiger partial charge in [-0.2, -0.15) is 0 Å². The van der Waals surface area contributed by atoms with Crippen LogP contribution in [0.4, 0.5) is 4.39 Å². The van der Waals surface area contributed by atoms with Gasteiger partial charge in [0.05, 0.1) is 5.56 Å². The maximum atomic E-state index is 13.5. The van der Waals surface area contributed by atoms with Gasteiger partial charge in [-0.15, -0.1) is 0 Å². The molecule has 156 valence electrons. The van der Waals surface area contributed by atoms with Crippen LogP contribution in [0.1, 0.15) is 38.9 Å². The van der Waals surface area contributed by atoms with Crippen molar-refractivity contribution < 1.29 is 14.3 Å². The van der Waals surface area contributed by atoms with Crippen LogP contribution in [0.25, 0.3) is 11.1 Å². The number of halogens is 1. The zero-order valence-corrected chi connectivity index (χ0v) is 17.2. The fourth-order valence-electron chi connectivity index (χ4n) is 3.89. The highest BCUT2D eigenvalue weighted by Gasteiger charge is 2.18. The van der Waals surface area contributed by atoms with Gasteiger partial charge in [-0.3, -0.25) is 0 Å². The van der Waals surface area contributed by atoms with Crippen molar-refractivity contribution in [1.29, 1.82) is 0 Å². The van der Waals surface area contributed by atoms with Gasteiger partial charge < -0.3 is 10.1 Å². The maximum absolute atomic E-state index is 13.5. The quantitative estimate of drug-likeness (QED) is 0.402. The first kappa shape index (κ1) is 20.5. The summed E-state index contributed by atoms with van der Waals surface area (Å²) in [4.78, 5) is 19.5. The first-order valence-corrected chi connectivity index (χ1v) is 10.2. The largest absolute Gasteiger partial charge is 0.478 e. The van der Waals surface area contributed by atoms with Crippen LogP contribution in [0.3, 0.4) is 0 Å². The fraction of sp³-hybridized carbons (Fsp3) is 0.154. The summed E-state index contributed by atoms with van der Waals surface area (Å²) in [6.45, 7) is 1.96. The number of hydrogen-bond donors (Lipinski definition) is 2. The number of carbonyl (C=O) groups is 1. The van der Waals surface area contributed by atoms with Gasteiger partial charge in [-0.05, 0) is 59.7 Å². The molecule has 0 spiro atoms. The molecule has 4 aromatic rings. The number of H-pyrrole nitrogens is 1. The van der Waals surface area contributed by atoms with E-state index in [0.717, 1.165) is 28.2 Å². The molecule has 0 radical (unpaired) electrons. The van der Waals surface area contributed by atoms with Crippen LogP contribution in [0.5, 0.6) is 0 Å². The second-order valence-corrected chi connectivity index (χ2v) is 7.72. The average molecular weight is 414 g/mol. The lowest BCUT2D eigenvalue weighted by Crippen LogP contribution is -2.09. The van der Waals surface area contributed by atoms with Crippen LogP contribution in [0.2, 0.25) is 0 Å². The molecule has 0 amide bonds. The van der Waals surface area contributed by atoms with Crippen LogP contribution >= 0.6 is 0 Å². The molecule has 3 aromatic carbocycles.